The zero-order valence-electron chi connectivity index (χ0n) is 14.5. The van der Waals surface area contributed by atoms with Gasteiger partial charge in [0, 0.05) is 19.1 Å². The summed E-state index contributed by atoms with van der Waals surface area (Å²) in [6.45, 7) is 6.43. The molecular weight excluding hydrogens is 306 g/mol. The summed E-state index contributed by atoms with van der Waals surface area (Å²) in [7, 11) is 1.34. The molecule has 1 atom stereocenters. The number of anilines is 1. The van der Waals surface area contributed by atoms with Crippen LogP contribution < -0.4 is 10.2 Å². The fourth-order valence-corrected chi connectivity index (χ4v) is 2.64. The van der Waals surface area contributed by atoms with Crippen molar-refractivity contribution in [2.75, 3.05) is 25.1 Å². The van der Waals surface area contributed by atoms with Crippen LogP contribution in [-0.2, 0) is 14.3 Å². The predicted molar refractivity (Wildman–Crippen MR) is 90.3 cm³/mol. The third-order valence-electron chi connectivity index (χ3n) is 4.77. The van der Waals surface area contributed by atoms with Crippen molar-refractivity contribution >= 4 is 17.6 Å². The maximum absolute atomic E-state index is 12.4. The van der Waals surface area contributed by atoms with Crippen molar-refractivity contribution in [3.63, 3.8) is 0 Å². The molecule has 1 aliphatic rings. The van der Waals surface area contributed by atoms with Gasteiger partial charge in [-0.05, 0) is 32.9 Å². The first-order valence-corrected chi connectivity index (χ1v) is 7.94. The molecule has 1 aromatic carbocycles. The minimum atomic E-state index is -0.790. The summed E-state index contributed by atoms with van der Waals surface area (Å²) < 4.78 is 4.79. The SMILES string of the molecule is COC(=O)C(C)(C)[C@H](C)NC(=O)C1CN(c2ccccc2C#N)C1. The van der Waals surface area contributed by atoms with E-state index in [2.05, 4.69) is 11.4 Å². The van der Waals surface area contributed by atoms with Crippen molar-refractivity contribution in [2.45, 2.75) is 26.8 Å². The molecule has 24 heavy (non-hydrogen) atoms. The smallest absolute Gasteiger partial charge is 0.313 e. The lowest BCUT2D eigenvalue weighted by atomic mass is 9.85. The molecular formula is C18H23N3O3. The minimum Gasteiger partial charge on any atom is -0.469 e. The van der Waals surface area contributed by atoms with Crippen molar-refractivity contribution in [3.8, 4) is 6.07 Å². The summed E-state index contributed by atoms with van der Waals surface area (Å²) >= 11 is 0. The normalized spacial score (nSPS) is 15.9. The number of para-hydroxylation sites is 1. The molecule has 6 nitrogen and oxygen atoms in total. The summed E-state index contributed by atoms with van der Waals surface area (Å²) in [5.41, 5.74) is 0.671. The second-order valence-corrected chi connectivity index (χ2v) is 6.67. The standard InChI is InChI=1S/C18H23N3O3/c1-12(18(2,3)17(23)24-4)20-16(22)14-10-21(11-14)15-8-6-5-7-13(15)9-19/h5-8,12,14H,10-11H2,1-4H3,(H,20,22)/t12-/m0/s1. The zero-order valence-corrected chi connectivity index (χ0v) is 14.5. The van der Waals surface area contributed by atoms with E-state index in [0.29, 0.717) is 18.7 Å². The minimum absolute atomic E-state index is 0.0785. The molecule has 0 radical (unpaired) electrons. The fourth-order valence-electron chi connectivity index (χ4n) is 2.64. The Morgan fingerprint density at radius 3 is 2.58 bits per heavy atom. The van der Waals surface area contributed by atoms with Crippen LogP contribution in [0.15, 0.2) is 24.3 Å². The van der Waals surface area contributed by atoms with Gasteiger partial charge < -0.3 is 15.0 Å². The van der Waals surface area contributed by atoms with E-state index in [1.54, 1.807) is 26.8 Å². The van der Waals surface area contributed by atoms with Gasteiger partial charge in [0.2, 0.25) is 5.91 Å². The molecule has 1 saturated heterocycles. The molecule has 0 aliphatic carbocycles. The van der Waals surface area contributed by atoms with Crippen molar-refractivity contribution < 1.29 is 14.3 Å². The number of carbonyl (C=O) groups is 2. The van der Waals surface area contributed by atoms with Gasteiger partial charge in [0.15, 0.2) is 0 Å². The number of esters is 1. The number of rotatable bonds is 5. The van der Waals surface area contributed by atoms with E-state index in [1.807, 2.05) is 23.1 Å². The lowest BCUT2D eigenvalue weighted by Crippen LogP contribution is -2.57. The van der Waals surface area contributed by atoms with Gasteiger partial charge in [-0.2, -0.15) is 5.26 Å². The topological polar surface area (TPSA) is 82.4 Å². The van der Waals surface area contributed by atoms with Gasteiger partial charge in [0.1, 0.15) is 6.07 Å². The van der Waals surface area contributed by atoms with Crippen LogP contribution >= 0.6 is 0 Å². The van der Waals surface area contributed by atoms with Gasteiger partial charge in [0.05, 0.1) is 29.7 Å². The number of nitrogens with zero attached hydrogens (tertiary/aromatic N) is 2. The highest BCUT2D eigenvalue weighted by atomic mass is 16.5. The molecule has 1 aromatic rings. The largest absolute Gasteiger partial charge is 0.469 e. The second kappa shape index (κ2) is 6.91. The molecule has 1 N–H and O–H groups in total. The monoisotopic (exact) mass is 329 g/mol. The lowest BCUT2D eigenvalue weighted by Gasteiger charge is -2.41. The number of benzene rings is 1. The van der Waals surface area contributed by atoms with Crippen LogP contribution in [0.1, 0.15) is 26.3 Å². The van der Waals surface area contributed by atoms with Crippen molar-refractivity contribution in [1.29, 1.82) is 5.26 Å². The first kappa shape index (κ1) is 17.8. The number of nitriles is 1. The van der Waals surface area contributed by atoms with E-state index >= 15 is 0 Å². The molecule has 0 unspecified atom stereocenters. The van der Waals surface area contributed by atoms with Crippen molar-refractivity contribution in [1.82, 2.24) is 5.32 Å². The van der Waals surface area contributed by atoms with E-state index < -0.39 is 5.41 Å². The summed E-state index contributed by atoms with van der Waals surface area (Å²) in [6, 6.07) is 9.18. The average Bonchev–Trinajstić information content (AvgIpc) is 2.52. The Morgan fingerprint density at radius 2 is 2.00 bits per heavy atom. The highest BCUT2D eigenvalue weighted by Gasteiger charge is 2.39. The van der Waals surface area contributed by atoms with E-state index in [1.165, 1.54) is 7.11 Å². The number of nitrogens with one attached hydrogen (secondary N) is 1. The first-order valence-electron chi connectivity index (χ1n) is 7.94. The van der Waals surface area contributed by atoms with Crippen molar-refractivity contribution in [2.24, 2.45) is 11.3 Å². The van der Waals surface area contributed by atoms with Gasteiger partial charge in [-0.1, -0.05) is 12.1 Å². The van der Waals surface area contributed by atoms with Gasteiger partial charge in [0.25, 0.3) is 0 Å². The quantitative estimate of drug-likeness (QED) is 0.831. The molecule has 1 heterocycles. The van der Waals surface area contributed by atoms with Crippen LogP contribution in [0.2, 0.25) is 0 Å². The Hall–Kier alpha value is -2.55. The third-order valence-corrected chi connectivity index (χ3v) is 4.77. The van der Waals surface area contributed by atoms with Crippen LogP contribution in [0.25, 0.3) is 0 Å². The highest BCUT2D eigenvalue weighted by Crippen LogP contribution is 2.28. The Bertz CT molecular complexity index is 672. The predicted octanol–water partition coefficient (Wildman–Crippen LogP) is 1.70. The maximum Gasteiger partial charge on any atom is 0.313 e. The Balaban J connectivity index is 1.93. The second-order valence-electron chi connectivity index (χ2n) is 6.67. The molecule has 0 bridgehead atoms. The molecule has 1 amide bonds. The fraction of sp³-hybridized carbons (Fsp3) is 0.500. The third kappa shape index (κ3) is 3.35. The van der Waals surface area contributed by atoms with Gasteiger partial charge >= 0.3 is 5.97 Å². The highest BCUT2D eigenvalue weighted by molar-refractivity contribution is 5.84. The Kier molecular flexibility index (Phi) is 5.13. The molecule has 2 rings (SSSR count). The maximum atomic E-state index is 12.4. The van der Waals surface area contributed by atoms with Gasteiger partial charge in [-0.3, -0.25) is 9.59 Å². The van der Waals surface area contributed by atoms with Crippen molar-refractivity contribution in [3.05, 3.63) is 29.8 Å². The number of amides is 1. The molecule has 1 aliphatic heterocycles. The molecule has 0 aromatic heterocycles. The molecule has 0 spiro atoms. The lowest BCUT2D eigenvalue weighted by molar-refractivity contribution is -0.152. The number of hydrogen-bond acceptors (Lipinski definition) is 5. The summed E-state index contributed by atoms with van der Waals surface area (Å²) in [5.74, 6) is -0.578. The van der Waals surface area contributed by atoms with Crippen LogP contribution in [-0.4, -0.2) is 38.1 Å². The van der Waals surface area contributed by atoms with Crippen LogP contribution in [0.5, 0.6) is 0 Å². The van der Waals surface area contributed by atoms with E-state index in [4.69, 9.17) is 10.00 Å². The van der Waals surface area contributed by atoms with E-state index in [0.717, 1.165) is 5.69 Å². The number of carbonyl (C=O) groups excluding carboxylic acids is 2. The van der Waals surface area contributed by atoms with Crippen LogP contribution in [0.4, 0.5) is 5.69 Å². The van der Waals surface area contributed by atoms with Gasteiger partial charge in [-0.25, -0.2) is 0 Å². The number of ether oxygens (including phenoxy) is 1. The molecule has 6 heteroatoms. The molecule has 128 valence electrons. The number of hydrogen-bond donors (Lipinski definition) is 1. The molecule has 1 fully saturated rings. The van der Waals surface area contributed by atoms with Gasteiger partial charge in [-0.15, -0.1) is 0 Å². The zero-order chi connectivity index (χ0) is 17.9. The van der Waals surface area contributed by atoms with E-state index in [-0.39, 0.29) is 23.8 Å². The Labute approximate surface area is 142 Å². The molecule has 0 saturated carbocycles. The van der Waals surface area contributed by atoms with Crippen LogP contribution in [0.3, 0.4) is 0 Å². The first-order chi connectivity index (χ1) is 11.3. The van der Waals surface area contributed by atoms with Crippen LogP contribution in [0, 0.1) is 22.7 Å². The summed E-state index contributed by atoms with van der Waals surface area (Å²) in [6.07, 6.45) is 0. The summed E-state index contributed by atoms with van der Waals surface area (Å²) in [4.78, 5) is 26.2. The average molecular weight is 329 g/mol. The number of methoxy groups -OCH3 is 1. The van der Waals surface area contributed by atoms with E-state index in [9.17, 15) is 9.59 Å². The summed E-state index contributed by atoms with van der Waals surface area (Å²) in [5, 5.41) is 12.1. The Morgan fingerprint density at radius 1 is 1.38 bits per heavy atom.